The van der Waals surface area contributed by atoms with Gasteiger partial charge in [-0.05, 0) is 49.7 Å². The third-order valence-electron chi connectivity index (χ3n) is 4.89. The highest BCUT2D eigenvalue weighted by molar-refractivity contribution is 7.92. The minimum atomic E-state index is -3.78. The Kier molecular flexibility index (Phi) is 6.22. The molecule has 3 aromatic rings. The molecule has 0 aromatic heterocycles. The van der Waals surface area contributed by atoms with Crippen molar-refractivity contribution in [2.45, 2.75) is 25.3 Å². The topological polar surface area (TPSA) is 66.5 Å². The molecule has 0 bridgehead atoms. The fourth-order valence-electron chi connectivity index (χ4n) is 3.01. The second-order valence-electron chi connectivity index (χ2n) is 7.06. The van der Waals surface area contributed by atoms with Gasteiger partial charge in [0.25, 0.3) is 15.9 Å². The number of amides is 1. The van der Waals surface area contributed by atoms with Crippen LogP contribution < -0.4 is 9.62 Å². The summed E-state index contributed by atoms with van der Waals surface area (Å²) in [5.74, 6) is -0.813. The van der Waals surface area contributed by atoms with E-state index in [2.05, 4.69) is 5.32 Å². The number of anilines is 1. The zero-order chi connectivity index (χ0) is 21.9. The van der Waals surface area contributed by atoms with E-state index in [9.17, 15) is 17.6 Å². The largest absolute Gasteiger partial charge is 0.348 e. The van der Waals surface area contributed by atoms with Gasteiger partial charge in [-0.25, -0.2) is 12.8 Å². The number of carbonyl (C=O) groups excluding carboxylic acids is 1. The molecular weight excluding hydrogens is 403 g/mol. The van der Waals surface area contributed by atoms with Crippen molar-refractivity contribution in [1.82, 2.24) is 5.32 Å². The zero-order valence-electron chi connectivity index (χ0n) is 17.0. The molecule has 0 fully saturated rings. The fraction of sp³-hybridized carbons (Fsp3) is 0.174. The predicted octanol–water partition coefficient (Wildman–Crippen LogP) is 4.20. The Morgan fingerprint density at radius 3 is 2.33 bits per heavy atom. The molecule has 0 saturated carbocycles. The Hall–Kier alpha value is -3.19. The fourth-order valence-corrected chi connectivity index (χ4v) is 4.26. The highest BCUT2D eigenvalue weighted by Gasteiger charge is 2.23. The molecule has 3 aromatic carbocycles. The van der Waals surface area contributed by atoms with Gasteiger partial charge in [0.05, 0.1) is 10.6 Å². The van der Waals surface area contributed by atoms with Crippen LogP contribution in [0.3, 0.4) is 0 Å². The smallest absolute Gasteiger partial charge is 0.264 e. The van der Waals surface area contributed by atoms with E-state index >= 15 is 0 Å². The summed E-state index contributed by atoms with van der Waals surface area (Å²) in [5.41, 5.74) is 2.73. The van der Waals surface area contributed by atoms with E-state index in [0.717, 1.165) is 5.56 Å². The van der Waals surface area contributed by atoms with Crippen LogP contribution in [0.2, 0.25) is 0 Å². The average Bonchev–Trinajstić information content (AvgIpc) is 2.73. The minimum absolute atomic E-state index is 0.0339. The number of halogens is 1. The average molecular weight is 427 g/mol. The third kappa shape index (κ3) is 4.52. The highest BCUT2D eigenvalue weighted by Crippen LogP contribution is 2.26. The first kappa shape index (κ1) is 21.5. The SMILES string of the molecule is Cc1ccc(S(=O)(=O)N(C)c2cc(C(=O)NCc3ccccc3F)ccc2C)cc1. The summed E-state index contributed by atoms with van der Waals surface area (Å²) in [7, 11) is -2.33. The van der Waals surface area contributed by atoms with Crippen LogP contribution in [-0.2, 0) is 16.6 Å². The lowest BCUT2D eigenvalue weighted by Gasteiger charge is -2.22. The first-order chi connectivity index (χ1) is 14.2. The van der Waals surface area contributed by atoms with E-state index < -0.39 is 21.7 Å². The summed E-state index contributed by atoms with van der Waals surface area (Å²) in [6.45, 7) is 3.69. The number of benzene rings is 3. The first-order valence-corrected chi connectivity index (χ1v) is 10.8. The van der Waals surface area contributed by atoms with Gasteiger partial charge < -0.3 is 5.32 Å². The number of hydrogen-bond acceptors (Lipinski definition) is 3. The second kappa shape index (κ2) is 8.67. The number of nitrogens with one attached hydrogen (secondary N) is 1. The molecule has 1 amide bonds. The van der Waals surface area contributed by atoms with Crippen LogP contribution in [-0.4, -0.2) is 21.4 Å². The molecule has 0 saturated heterocycles. The maximum absolute atomic E-state index is 13.8. The standard InChI is InChI=1S/C23H23FN2O3S/c1-16-8-12-20(13-9-16)30(28,29)26(3)22-14-18(11-10-17(22)2)23(27)25-15-19-6-4-5-7-21(19)24/h4-14H,15H2,1-3H3,(H,25,27). The van der Waals surface area contributed by atoms with Crippen LogP contribution in [0.5, 0.6) is 0 Å². The lowest BCUT2D eigenvalue weighted by Crippen LogP contribution is -2.28. The van der Waals surface area contributed by atoms with Gasteiger partial charge in [-0.3, -0.25) is 9.10 Å². The van der Waals surface area contributed by atoms with E-state index in [1.165, 1.54) is 23.5 Å². The van der Waals surface area contributed by atoms with Gasteiger partial charge in [-0.1, -0.05) is 42.0 Å². The van der Waals surface area contributed by atoms with Crippen LogP contribution in [0.1, 0.15) is 27.0 Å². The third-order valence-corrected chi connectivity index (χ3v) is 6.67. The molecule has 0 radical (unpaired) electrons. The summed E-state index contributed by atoms with van der Waals surface area (Å²) in [4.78, 5) is 12.7. The Bertz CT molecular complexity index is 1180. The van der Waals surface area contributed by atoms with Crippen LogP contribution >= 0.6 is 0 Å². The first-order valence-electron chi connectivity index (χ1n) is 9.38. The molecule has 30 heavy (non-hydrogen) atoms. The summed E-state index contributed by atoms with van der Waals surface area (Å²) in [5, 5.41) is 2.67. The number of aryl methyl sites for hydroxylation is 2. The lowest BCUT2D eigenvalue weighted by atomic mass is 10.1. The van der Waals surface area contributed by atoms with Crippen molar-refractivity contribution in [2.75, 3.05) is 11.4 Å². The molecule has 0 heterocycles. The van der Waals surface area contributed by atoms with E-state index in [0.29, 0.717) is 16.8 Å². The van der Waals surface area contributed by atoms with Crippen LogP contribution in [0.15, 0.2) is 71.6 Å². The Balaban J connectivity index is 1.84. The number of rotatable bonds is 6. The van der Waals surface area contributed by atoms with Gasteiger partial charge in [0.2, 0.25) is 0 Å². The van der Waals surface area contributed by atoms with Crippen LogP contribution in [0, 0.1) is 19.7 Å². The normalized spacial score (nSPS) is 11.2. The van der Waals surface area contributed by atoms with Crippen LogP contribution in [0.4, 0.5) is 10.1 Å². The van der Waals surface area contributed by atoms with Gasteiger partial charge >= 0.3 is 0 Å². The molecule has 0 atom stereocenters. The zero-order valence-corrected chi connectivity index (χ0v) is 17.8. The van der Waals surface area contributed by atoms with Crippen molar-refractivity contribution in [2.24, 2.45) is 0 Å². The van der Waals surface area contributed by atoms with Crippen molar-refractivity contribution in [3.8, 4) is 0 Å². The molecular formula is C23H23FN2O3S. The number of carbonyl (C=O) groups is 1. The molecule has 156 valence electrons. The van der Waals surface area contributed by atoms with Crippen molar-refractivity contribution in [3.63, 3.8) is 0 Å². The van der Waals surface area contributed by atoms with Gasteiger partial charge in [-0.15, -0.1) is 0 Å². The van der Waals surface area contributed by atoms with Gasteiger partial charge in [0.15, 0.2) is 0 Å². The Morgan fingerprint density at radius 1 is 1.00 bits per heavy atom. The van der Waals surface area contributed by atoms with Crippen molar-refractivity contribution in [3.05, 3.63) is 94.8 Å². The maximum Gasteiger partial charge on any atom is 0.264 e. The Morgan fingerprint density at radius 2 is 1.67 bits per heavy atom. The van der Waals surface area contributed by atoms with Crippen molar-refractivity contribution in [1.29, 1.82) is 0 Å². The van der Waals surface area contributed by atoms with Crippen molar-refractivity contribution < 1.29 is 17.6 Å². The van der Waals surface area contributed by atoms with E-state index in [1.807, 2.05) is 6.92 Å². The summed E-state index contributed by atoms with van der Waals surface area (Å²) in [6, 6.07) is 17.6. The van der Waals surface area contributed by atoms with Gasteiger partial charge in [-0.2, -0.15) is 0 Å². The summed E-state index contributed by atoms with van der Waals surface area (Å²) in [6.07, 6.45) is 0. The van der Waals surface area contributed by atoms with Crippen LogP contribution in [0.25, 0.3) is 0 Å². The minimum Gasteiger partial charge on any atom is -0.348 e. The molecule has 1 N–H and O–H groups in total. The summed E-state index contributed by atoms with van der Waals surface area (Å²) < 4.78 is 40.9. The van der Waals surface area contributed by atoms with E-state index in [-0.39, 0.29) is 17.0 Å². The number of sulfonamides is 1. The lowest BCUT2D eigenvalue weighted by molar-refractivity contribution is 0.0950. The second-order valence-corrected chi connectivity index (χ2v) is 9.03. The van der Waals surface area contributed by atoms with Gasteiger partial charge in [0, 0.05) is 24.7 Å². The summed E-state index contributed by atoms with van der Waals surface area (Å²) >= 11 is 0. The van der Waals surface area contributed by atoms with Gasteiger partial charge in [0.1, 0.15) is 5.82 Å². The monoisotopic (exact) mass is 426 g/mol. The quantitative estimate of drug-likeness (QED) is 0.643. The van der Waals surface area contributed by atoms with E-state index in [4.69, 9.17) is 0 Å². The Labute approximate surface area is 176 Å². The molecule has 0 aliphatic rings. The molecule has 0 aliphatic heterocycles. The molecule has 0 aliphatic carbocycles. The molecule has 0 unspecified atom stereocenters. The maximum atomic E-state index is 13.8. The predicted molar refractivity (Wildman–Crippen MR) is 116 cm³/mol. The molecule has 5 nitrogen and oxygen atoms in total. The molecule has 3 rings (SSSR count). The molecule has 0 spiro atoms. The number of nitrogens with zero attached hydrogens (tertiary/aromatic N) is 1. The van der Waals surface area contributed by atoms with Crippen molar-refractivity contribution >= 4 is 21.6 Å². The number of hydrogen-bond donors (Lipinski definition) is 1. The molecule has 7 heteroatoms. The highest BCUT2D eigenvalue weighted by atomic mass is 32.2. The van der Waals surface area contributed by atoms with E-state index in [1.54, 1.807) is 61.5 Å².